The lowest BCUT2D eigenvalue weighted by atomic mass is 10.0. The number of hydrogen-bond donors (Lipinski definition) is 1. The smallest absolute Gasteiger partial charge is 0.261 e. The molecule has 0 bridgehead atoms. The largest absolute Gasteiger partial charge is 0.483 e. The first kappa shape index (κ1) is 26.8. The Bertz CT molecular complexity index is 1140. The molecule has 35 heavy (non-hydrogen) atoms. The second kappa shape index (κ2) is 13.3. The molecule has 0 aliphatic carbocycles. The SMILES string of the molecule is CCNC(=O)C(Cc1ccccc1)N(Cc1ccccc1Cl)C(=O)COc1ccc(CC)cc1Br. The summed E-state index contributed by atoms with van der Waals surface area (Å²) in [7, 11) is 0. The molecular formula is C28H30BrClN2O3. The lowest BCUT2D eigenvalue weighted by molar-refractivity contribution is -0.142. The lowest BCUT2D eigenvalue weighted by Crippen LogP contribution is -2.51. The molecule has 0 aromatic heterocycles. The third kappa shape index (κ3) is 7.58. The Hall–Kier alpha value is -2.83. The van der Waals surface area contributed by atoms with Crippen LogP contribution in [0.4, 0.5) is 0 Å². The van der Waals surface area contributed by atoms with E-state index in [1.165, 1.54) is 0 Å². The quantitative estimate of drug-likeness (QED) is 0.323. The van der Waals surface area contributed by atoms with E-state index < -0.39 is 6.04 Å². The molecule has 0 spiro atoms. The number of carbonyl (C=O) groups is 2. The average molecular weight is 558 g/mol. The van der Waals surface area contributed by atoms with E-state index in [4.69, 9.17) is 16.3 Å². The van der Waals surface area contributed by atoms with Gasteiger partial charge in [-0.2, -0.15) is 0 Å². The highest BCUT2D eigenvalue weighted by molar-refractivity contribution is 9.10. The van der Waals surface area contributed by atoms with Crippen molar-refractivity contribution in [3.8, 4) is 5.75 Å². The number of carbonyl (C=O) groups excluding carboxylic acids is 2. The van der Waals surface area contributed by atoms with Crippen LogP contribution in [0.2, 0.25) is 5.02 Å². The molecule has 0 aliphatic heterocycles. The van der Waals surface area contributed by atoms with Crippen LogP contribution in [0.15, 0.2) is 77.3 Å². The van der Waals surface area contributed by atoms with Gasteiger partial charge in [-0.15, -0.1) is 0 Å². The molecule has 0 aliphatic rings. The molecule has 3 aromatic rings. The number of amides is 2. The van der Waals surface area contributed by atoms with Gasteiger partial charge in [0.25, 0.3) is 5.91 Å². The monoisotopic (exact) mass is 556 g/mol. The third-order valence-corrected chi connectivity index (χ3v) is 6.66. The van der Waals surface area contributed by atoms with Crippen molar-refractivity contribution >= 4 is 39.3 Å². The topological polar surface area (TPSA) is 58.6 Å². The normalized spacial score (nSPS) is 11.5. The van der Waals surface area contributed by atoms with Crippen molar-refractivity contribution in [2.75, 3.05) is 13.2 Å². The Morgan fingerprint density at radius 2 is 1.71 bits per heavy atom. The first-order chi connectivity index (χ1) is 16.9. The zero-order valence-electron chi connectivity index (χ0n) is 20.0. The molecule has 1 unspecified atom stereocenters. The third-order valence-electron chi connectivity index (χ3n) is 5.68. The van der Waals surface area contributed by atoms with Crippen LogP contribution in [0, 0.1) is 0 Å². The van der Waals surface area contributed by atoms with Crippen molar-refractivity contribution in [1.29, 1.82) is 0 Å². The first-order valence-electron chi connectivity index (χ1n) is 11.7. The second-order valence-electron chi connectivity index (χ2n) is 8.12. The van der Waals surface area contributed by atoms with E-state index in [1.54, 1.807) is 11.0 Å². The summed E-state index contributed by atoms with van der Waals surface area (Å²) in [5, 5.41) is 3.42. The molecule has 5 nitrogen and oxygen atoms in total. The standard InChI is InChI=1S/C28H30BrClN2O3/c1-3-20-14-15-26(23(29)16-20)35-19-27(33)32(18-22-12-8-9-13-24(22)30)25(28(34)31-4-2)17-21-10-6-5-7-11-21/h5-16,25H,3-4,17-19H2,1-2H3,(H,31,34). The van der Waals surface area contributed by atoms with Gasteiger partial charge in [0.2, 0.25) is 5.91 Å². The molecular weight excluding hydrogens is 528 g/mol. The highest BCUT2D eigenvalue weighted by Gasteiger charge is 2.31. The summed E-state index contributed by atoms with van der Waals surface area (Å²) in [6, 6.07) is 22.1. The minimum atomic E-state index is -0.726. The molecule has 184 valence electrons. The summed E-state index contributed by atoms with van der Waals surface area (Å²) in [5.41, 5.74) is 2.88. The molecule has 0 heterocycles. The Labute approximate surface area is 220 Å². The molecule has 0 saturated heterocycles. The highest BCUT2D eigenvalue weighted by atomic mass is 79.9. The van der Waals surface area contributed by atoms with Crippen LogP contribution in [-0.2, 0) is 29.0 Å². The lowest BCUT2D eigenvalue weighted by Gasteiger charge is -2.31. The highest BCUT2D eigenvalue weighted by Crippen LogP contribution is 2.27. The summed E-state index contributed by atoms with van der Waals surface area (Å²) in [4.78, 5) is 28.3. The molecule has 1 atom stereocenters. The number of aryl methyl sites for hydroxylation is 1. The Kier molecular flexibility index (Phi) is 10.2. The fraction of sp³-hybridized carbons (Fsp3) is 0.286. The fourth-order valence-corrected chi connectivity index (χ4v) is 4.50. The number of benzene rings is 3. The van der Waals surface area contributed by atoms with Gasteiger partial charge in [-0.05, 0) is 64.2 Å². The van der Waals surface area contributed by atoms with Gasteiger partial charge in [0.15, 0.2) is 6.61 Å². The van der Waals surface area contributed by atoms with Crippen molar-refractivity contribution < 1.29 is 14.3 Å². The summed E-state index contributed by atoms with van der Waals surface area (Å²) in [6.07, 6.45) is 1.27. The van der Waals surface area contributed by atoms with Gasteiger partial charge >= 0.3 is 0 Å². The summed E-state index contributed by atoms with van der Waals surface area (Å²) < 4.78 is 6.67. The molecule has 1 N–H and O–H groups in total. The Morgan fingerprint density at radius 1 is 1.00 bits per heavy atom. The van der Waals surface area contributed by atoms with Crippen molar-refractivity contribution in [3.63, 3.8) is 0 Å². The van der Waals surface area contributed by atoms with Gasteiger partial charge in [0, 0.05) is 24.5 Å². The van der Waals surface area contributed by atoms with Crippen LogP contribution in [0.3, 0.4) is 0 Å². The van der Waals surface area contributed by atoms with Crippen LogP contribution >= 0.6 is 27.5 Å². The van der Waals surface area contributed by atoms with Crippen LogP contribution < -0.4 is 10.1 Å². The second-order valence-corrected chi connectivity index (χ2v) is 9.38. The van der Waals surface area contributed by atoms with Gasteiger partial charge in [0.05, 0.1) is 4.47 Å². The van der Waals surface area contributed by atoms with E-state index in [2.05, 4.69) is 28.2 Å². The summed E-state index contributed by atoms with van der Waals surface area (Å²) in [6.45, 7) is 4.38. The van der Waals surface area contributed by atoms with E-state index in [9.17, 15) is 9.59 Å². The molecule has 0 saturated carbocycles. The van der Waals surface area contributed by atoms with Gasteiger partial charge in [-0.1, -0.05) is 73.1 Å². The molecule has 2 amide bonds. The average Bonchev–Trinajstić information content (AvgIpc) is 2.87. The van der Waals surface area contributed by atoms with Crippen LogP contribution in [-0.4, -0.2) is 35.9 Å². The number of ether oxygens (including phenoxy) is 1. The van der Waals surface area contributed by atoms with E-state index >= 15 is 0 Å². The van der Waals surface area contributed by atoms with Crippen molar-refractivity contribution in [2.24, 2.45) is 0 Å². The molecule has 7 heteroatoms. The van der Waals surface area contributed by atoms with E-state index in [1.807, 2.05) is 73.7 Å². The maximum atomic E-state index is 13.6. The van der Waals surface area contributed by atoms with Crippen LogP contribution in [0.1, 0.15) is 30.5 Å². The van der Waals surface area contributed by atoms with Crippen molar-refractivity contribution in [1.82, 2.24) is 10.2 Å². The van der Waals surface area contributed by atoms with Crippen molar-refractivity contribution in [2.45, 2.75) is 39.3 Å². The predicted molar refractivity (Wildman–Crippen MR) is 144 cm³/mol. The zero-order valence-corrected chi connectivity index (χ0v) is 22.3. The van der Waals surface area contributed by atoms with Gasteiger partial charge < -0.3 is 15.0 Å². The Balaban J connectivity index is 1.90. The van der Waals surface area contributed by atoms with E-state index in [-0.39, 0.29) is 25.0 Å². The maximum absolute atomic E-state index is 13.6. The van der Waals surface area contributed by atoms with Crippen LogP contribution in [0.5, 0.6) is 5.75 Å². The molecule has 0 radical (unpaired) electrons. The maximum Gasteiger partial charge on any atom is 0.261 e. The fourth-order valence-electron chi connectivity index (χ4n) is 3.76. The molecule has 3 rings (SSSR count). The van der Waals surface area contributed by atoms with Gasteiger partial charge in [0.1, 0.15) is 11.8 Å². The number of nitrogens with one attached hydrogen (secondary N) is 1. The molecule has 0 fully saturated rings. The molecule has 3 aromatic carbocycles. The number of rotatable bonds is 11. The number of likely N-dealkylation sites (N-methyl/N-ethyl adjacent to an activating group) is 1. The zero-order chi connectivity index (χ0) is 25.2. The van der Waals surface area contributed by atoms with Gasteiger partial charge in [-0.25, -0.2) is 0 Å². The first-order valence-corrected chi connectivity index (χ1v) is 12.9. The minimum Gasteiger partial charge on any atom is -0.483 e. The number of nitrogens with zero attached hydrogens (tertiary/aromatic N) is 1. The number of halogens is 2. The van der Waals surface area contributed by atoms with Crippen molar-refractivity contribution in [3.05, 3.63) is 99.0 Å². The van der Waals surface area contributed by atoms with Crippen LogP contribution in [0.25, 0.3) is 0 Å². The van der Waals surface area contributed by atoms with Gasteiger partial charge in [-0.3, -0.25) is 9.59 Å². The summed E-state index contributed by atoms with van der Waals surface area (Å²) >= 11 is 9.95. The van der Waals surface area contributed by atoms with E-state index in [0.717, 1.165) is 27.6 Å². The minimum absolute atomic E-state index is 0.187. The Morgan fingerprint density at radius 3 is 2.37 bits per heavy atom. The predicted octanol–water partition coefficient (Wildman–Crippen LogP) is 5.82. The number of hydrogen-bond acceptors (Lipinski definition) is 3. The van der Waals surface area contributed by atoms with E-state index in [0.29, 0.717) is 23.7 Å². The summed E-state index contributed by atoms with van der Waals surface area (Å²) in [5.74, 6) is 0.0553.